The molecular weight excluding hydrogens is 242 g/mol. The molecule has 1 saturated carbocycles. The van der Waals surface area contributed by atoms with Gasteiger partial charge in [-0.25, -0.2) is 0 Å². The van der Waals surface area contributed by atoms with E-state index in [1.807, 2.05) is 0 Å². The van der Waals surface area contributed by atoms with Crippen LogP contribution in [0.15, 0.2) is 0 Å². The molecule has 0 bridgehead atoms. The van der Waals surface area contributed by atoms with E-state index < -0.39 is 0 Å². The summed E-state index contributed by atoms with van der Waals surface area (Å²) in [6.07, 6.45) is 15.4. The van der Waals surface area contributed by atoms with Crippen molar-refractivity contribution in [1.29, 1.82) is 0 Å². The summed E-state index contributed by atoms with van der Waals surface area (Å²) in [7, 11) is 0. The van der Waals surface area contributed by atoms with Gasteiger partial charge in [0.2, 0.25) is 0 Å². The van der Waals surface area contributed by atoms with Crippen molar-refractivity contribution in [3.8, 4) is 0 Å². The second-order valence-electron chi connectivity index (χ2n) is 7.32. The monoisotopic (exact) mass is 281 g/mol. The average Bonchev–Trinajstić information content (AvgIpc) is 2.43. The van der Waals surface area contributed by atoms with E-state index in [4.69, 9.17) is 0 Å². The van der Waals surface area contributed by atoms with Gasteiger partial charge in [-0.05, 0) is 43.9 Å². The van der Waals surface area contributed by atoms with Gasteiger partial charge in [-0.3, -0.25) is 0 Å². The first-order valence-corrected chi connectivity index (χ1v) is 9.43. The fourth-order valence-electron chi connectivity index (χ4n) is 3.62. The number of nitrogens with one attached hydrogen (secondary N) is 1. The van der Waals surface area contributed by atoms with Crippen LogP contribution in [-0.2, 0) is 0 Å². The molecule has 1 nitrogen and oxygen atoms in total. The summed E-state index contributed by atoms with van der Waals surface area (Å²) < 4.78 is 0. The molecule has 0 aliphatic heterocycles. The molecule has 1 N–H and O–H groups in total. The largest absolute Gasteiger partial charge is 0.311 e. The lowest BCUT2D eigenvalue weighted by molar-refractivity contribution is 0.208. The Morgan fingerprint density at radius 3 is 1.95 bits per heavy atom. The summed E-state index contributed by atoms with van der Waals surface area (Å²) >= 11 is 0. The minimum absolute atomic E-state index is 0.790. The average molecular weight is 282 g/mol. The summed E-state index contributed by atoms with van der Waals surface area (Å²) in [5.74, 6) is 1.85. The molecule has 0 spiro atoms. The smallest absolute Gasteiger partial charge is 0.00723 e. The van der Waals surface area contributed by atoms with Crippen LogP contribution in [0.25, 0.3) is 0 Å². The van der Waals surface area contributed by atoms with E-state index in [2.05, 4.69) is 33.0 Å². The summed E-state index contributed by atoms with van der Waals surface area (Å²) in [4.78, 5) is 0. The van der Waals surface area contributed by atoms with E-state index in [1.165, 1.54) is 70.6 Å². The molecule has 0 saturated heterocycles. The molecule has 120 valence electrons. The molecule has 0 amide bonds. The van der Waals surface area contributed by atoms with E-state index in [-0.39, 0.29) is 0 Å². The third-order valence-corrected chi connectivity index (χ3v) is 5.38. The second-order valence-corrected chi connectivity index (χ2v) is 7.32. The molecule has 0 aromatic carbocycles. The highest BCUT2D eigenvalue weighted by Crippen LogP contribution is 2.30. The predicted octanol–water partition coefficient (Wildman–Crippen LogP) is 5.93. The Morgan fingerprint density at radius 2 is 1.45 bits per heavy atom. The van der Waals surface area contributed by atoms with Crippen molar-refractivity contribution in [2.24, 2.45) is 11.8 Å². The van der Waals surface area contributed by atoms with Gasteiger partial charge in [0.15, 0.2) is 0 Å². The number of unbranched alkanes of at least 4 members (excludes halogenated alkanes) is 4. The van der Waals surface area contributed by atoms with E-state index in [1.54, 1.807) is 0 Å². The van der Waals surface area contributed by atoms with Crippen LogP contribution in [0.3, 0.4) is 0 Å². The first kappa shape index (κ1) is 18.0. The standard InChI is InChI=1S/C19H39N/c1-5-7-9-11-18(12-10-8-6-2)20-19-14-13-16(3)17(4)15-19/h16-20H,5-15H2,1-4H3. The normalized spacial score (nSPS) is 27.1. The van der Waals surface area contributed by atoms with Crippen LogP contribution >= 0.6 is 0 Å². The highest BCUT2D eigenvalue weighted by molar-refractivity contribution is 4.82. The van der Waals surface area contributed by atoms with E-state index >= 15 is 0 Å². The van der Waals surface area contributed by atoms with Crippen LogP contribution in [-0.4, -0.2) is 12.1 Å². The molecule has 0 heterocycles. The first-order chi connectivity index (χ1) is 9.67. The zero-order valence-corrected chi connectivity index (χ0v) is 14.6. The lowest BCUT2D eigenvalue weighted by atomic mass is 9.79. The van der Waals surface area contributed by atoms with Gasteiger partial charge < -0.3 is 5.32 Å². The van der Waals surface area contributed by atoms with E-state index in [0.717, 1.165) is 23.9 Å². The topological polar surface area (TPSA) is 12.0 Å². The molecule has 0 aromatic heterocycles. The van der Waals surface area contributed by atoms with Crippen LogP contribution in [0.4, 0.5) is 0 Å². The van der Waals surface area contributed by atoms with Crippen LogP contribution in [0, 0.1) is 11.8 Å². The Hall–Kier alpha value is -0.0400. The molecule has 20 heavy (non-hydrogen) atoms. The van der Waals surface area contributed by atoms with Gasteiger partial charge in [-0.15, -0.1) is 0 Å². The molecular formula is C19H39N. The maximum atomic E-state index is 4.02. The molecule has 0 aromatic rings. The third kappa shape index (κ3) is 7.11. The molecule has 3 atom stereocenters. The third-order valence-electron chi connectivity index (χ3n) is 5.38. The van der Waals surface area contributed by atoms with Gasteiger partial charge in [0.25, 0.3) is 0 Å². The Labute approximate surface area is 128 Å². The summed E-state index contributed by atoms with van der Waals surface area (Å²) in [5, 5.41) is 4.02. The molecule has 3 unspecified atom stereocenters. The number of rotatable bonds is 10. The lowest BCUT2D eigenvalue weighted by Gasteiger charge is -2.35. The van der Waals surface area contributed by atoms with Crippen molar-refractivity contribution < 1.29 is 0 Å². The maximum absolute atomic E-state index is 4.02. The SMILES string of the molecule is CCCCCC(CCCCC)NC1CCC(C)C(C)C1. The highest BCUT2D eigenvalue weighted by atomic mass is 14.9. The Morgan fingerprint density at radius 1 is 0.850 bits per heavy atom. The first-order valence-electron chi connectivity index (χ1n) is 9.43. The van der Waals surface area contributed by atoms with Crippen molar-refractivity contribution in [3.63, 3.8) is 0 Å². The van der Waals surface area contributed by atoms with Gasteiger partial charge in [-0.1, -0.05) is 66.2 Å². The lowest BCUT2D eigenvalue weighted by Crippen LogP contribution is -2.42. The minimum Gasteiger partial charge on any atom is -0.311 e. The number of hydrogen-bond donors (Lipinski definition) is 1. The second kappa shape index (κ2) is 10.7. The summed E-state index contributed by atoms with van der Waals surface area (Å²) in [6, 6.07) is 1.59. The summed E-state index contributed by atoms with van der Waals surface area (Å²) in [5.41, 5.74) is 0. The molecule has 1 aliphatic carbocycles. The van der Waals surface area contributed by atoms with Crippen molar-refractivity contribution in [1.82, 2.24) is 5.32 Å². The van der Waals surface area contributed by atoms with Crippen molar-refractivity contribution in [3.05, 3.63) is 0 Å². The van der Waals surface area contributed by atoms with Gasteiger partial charge >= 0.3 is 0 Å². The zero-order valence-electron chi connectivity index (χ0n) is 14.6. The molecule has 1 heteroatoms. The number of hydrogen-bond acceptors (Lipinski definition) is 1. The highest BCUT2D eigenvalue weighted by Gasteiger charge is 2.25. The van der Waals surface area contributed by atoms with Gasteiger partial charge in [0, 0.05) is 12.1 Å². The Balaban J connectivity index is 2.33. The van der Waals surface area contributed by atoms with Crippen LogP contribution < -0.4 is 5.32 Å². The fraction of sp³-hybridized carbons (Fsp3) is 1.00. The Bertz CT molecular complexity index is 216. The molecule has 1 fully saturated rings. The quantitative estimate of drug-likeness (QED) is 0.489. The zero-order chi connectivity index (χ0) is 14.8. The fourth-order valence-corrected chi connectivity index (χ4v) is 3.62. The van der Waals surface area contributed by atoms with Crippen molar-refractivity contribution >= 4 is 0 Å². The predicted molar refractivity (Wildman–Crippen MR) is 91.2 cm³/mol. The van der Waals surface area contributed by atoms with Crippen LogP contribution in [0.1, 0.15) is 98.3 Å². The van der Waals surface area contributed by atoms with Crippen molar-refractivity contribution in [2.75, 3.05) is 0 Å². The van der Waals surface area contributed by atoms with Crippen LogP contribution in [0.5, 0.6) is 0 Å². The Kier molecular flexibility index (Phi) is 9.59. The van der Waals surface area contributed by atoms with Crippen molar-refractivity contribution in [2.45, 2.75) is 110 Å². The van der Waals surface area contributed by atoms with Gasteiger partial charge in [0.1, 0.15) is 0 Å². The minimum atomic E-state index is 0.790. The van der Waals surface area contributed by atoms with Gasteiger partial charge in [-0.2, -0.15) is 0 Å². The molecule has 1 aliphatic rings. The van der Waals surface area contributed by atoms with Gasteiger partial charge in [0.05, 0.1) is 0 Å². The maximum Gasteiger partial charge on any atom is 0.00723 e. The van der Waals surface area contributed by atoms with Crippen LogP contribution in [0.2, 0.25) is 0 Å². The van der Waals surface area contributed by atoms with E-state index in [0.29, 0.717) is 0 Å². The van der Waals surface area contributed by atoms with E-state index in [9.17, 15) is 0 Å². The molecule has 0 radical (unpaired) electrons. The molecule has 1 rings (SSSR count). The summed E-state index contributed by atoms with van der Waals surface area (Å²) in [6.45, 7) is 9.50.